The van der Waals surface area contributed by atoms with E-state index in [2.05, 4.69) is 13.8 Å². The Morgan fingerprint density at radius 3 is 2.21 bits per heavy atom. The average molecular weight is 267 g/mol. The van der Waals surface area contributed by atoms with Gasteiger partial charge in [0.1, 0.15) is 0 Å². The highest BCUT2D eigenvalue weighted by molar-refractivity contribution is 5.81. The van der Waals surface area contributed by atoms with Gasteiger partial charge in [-0.2, -0.15) is 0 Å². The Bertz CT molecular complexity index is 349. The van der Waals surface area contributed by atoms with E-state index in [1.807, 2.05) is 4.90 Å². The Hall–Kier alpha value is -1.06. The lowest BCUT2D eigenvalue weighted by Gasteiger charge is -2.36. The highest BCUT2D eigenvalue weighted by Gasteiger charge is 2.37. The summed E-state index contributed by atoms with van der Waals surface area (Å²) in [6, 6.07) is 0.219. The third kappa shape index (κ3) is 3.28. The van der Waals surface area contributed by atoms with Gasteiger partial charge >= 0.3 is 5.97 Å². The van der Waals surface area contributed by atoms with Gasteiger partial charge in [0.25, 0.3) is 0 Å². The third-order valence-corrected chi connectivity index (χ3v) is 4.72. The number of carboxylic acids is 1. The van der Waals surface area contributed by atoms with Crippen LogP contribution in [-0.4, -0.2) is 34.5 Å². The van der Waals surface area contributed by atoms with Gasteiger partial charge in [-0.3, -0.25) is 9.59 Å². The zero-order valence-electron chi connectivity index (χ0n) is 12.0. The lowest BCUT2D eigenvalue weighted by atomic mass is 9.84. The second kappa shape index (κ2) is 5.93. The summed E-state index contributed by atoms with van der Waals surface area (Å²) in [6.07, 6.45) is 5.68. The Morgan fingerprint density at radius 1 is 1.16 bits per heavy atom. The molecule has 0 radical (unpaired) electrons. The fourth-order valence-electron chi connectivity index (χ4n) is 3.17. The SMILES string of the molecule is CC(C)N(CC1CCC1)C(=O)[C@@H]1CC[C@H](C(=O)O)C1. The molecular weight excluding hydrogens is 242 g/mol. The van der Waals surface area contributed by atoms with Gasteiger partial charge in [-0.15, -0.1) is 0 Å². The van der Waals surface area contributed by atoms with Crippen LogP contribution in [0.15, 0.2) is 0 Å². The van der Waals surface area contributed by atoms with Crippen molar-refractivity contribution >= 4 is 11.9 Å². The first kappa shape index (κ1) is 14.4. The maximum atomic E-state index is 12.6. The minimum Gasteiger partial charge on any atom is -0.481 e. The maximum absolute atomic E-state index is 12.6. The zero-order valence-corrected chi connectivity index (χ0v) is 12.0. The molecule has 1 amide bonds. The van der Waals surface area contributed by atoms with Crippen molar-refractivity contribution in [1.82, 2.24) is 4.90 Å². The van der Waals surface area contributed by atoms with Gasteiger partial charge in [-0.1, -0.05) is 6.42 Å². The summed E-state index contributed by atoms with van der Waals surface area (Å²) in [7, 11) is 0. The zero-order chi connectivity index (χ0) is 14.0. The minimum atomic E-state index is -0.745. The van der Waals surface area contributed by atoms with Gasteiger partial charge in [0.05, 0.1) is 5.92 Å². The smallest absolute Gasteiger partial charge is 0.306 e. The average Bonchev–Trinajstić information content (AvgIpc) is 2.75. The molecule has 2 rings (SSSR count). The Morgan fingerprint density at radius 2 is 1.79 bits per heavy atom. The van der Waals surface area contributed by atoms with Crippen LogP contribution in [0, 0.1) is 17.8 Å². The second-order valence-electron chi connectivity index (χ2n) is 6.43. The molecule has 108 valence electrons. The summed E-state index contributed by atoms with van der Waals surface area (Å²) in [4.78, 5) is 25.5. The third-order valence-electron chi connectivity index (χ3n) is 4.72. The Balaban J connectivity index is 1.93. The van der Waals surface area contributed by atoms with E-state index in [-0.39, 0.29) is 23.8 Å². The lowest BCUT2D eigenvalue weighted by Crippen LogP contribution is -2.44. The molecule has 0 aliphatic heterocycles. The van der Waals surface area contributed by atoms with Crippen molar-refractivity contribution in [2.24, 2.45) is 17.8 Å². The number of carbonyl (C=O) groups is 2. The topological polar surface area (TPSA) is 57.6 Å². The molecular formula is C15H25NO3. The monoisotopic (exact) mass is 267 g/mol. The minimum absolute atomic E-state index is 0.0661. The number of carbonyl (C=O) groups excluding carboxylic acids is 1. The molecule has 0 unspecified atom stereocenters. The largest absolute Gasteiger partial charge is 0.481 e. The van der Waals surface area contributed by atoms with Crippen LogP contribution in [0.4, 0.5) is 0 Å². The molecule has 0 aromatic carbocycles. The fraction of sp³-hybridized carbons (Fsp3) is 0.867. The number of carboxylic acid groups (broad SMARTS) is 1. The van der Waals surface area contributed by atoms with Gasteiger partial charge in [0.15, 0.2) is 0 Å². The summed E-state index contributed by atoms with van der Waals surface area (Å²) in [5.41, 5.74) is 0. The van der Waals surface area contributed by atoms with E-state index in [4.69, 9.17) is 5.11 Å². The summed E-state index contributed by atoms with van der Waals surface area (Å²) < 4.78 is 0. The fourth-order valence-corrected chi connectivity index (χ4v) is 3.17. The molecule has 4 nitrogen and oxygen atoms in total. The van der Waals surface area contributed by atoms with E-state index < -0.39 is 5.97 Å². The number of hydrogen-bond acceptors (Lipinski definition) is 2. The van der Waals surface area contributed by atoms with Crippen molar-refractivity contribution in [2.45, 2.75) is 58.4 Å². The molecule has 0 aromatic heterocycles. The summed E-state index contributed by atoms with van der Waals surface area (Å²) in [5.74, 6) is -0.269. The molecule has 2 saturated carbocycles. The molecule has 2 aliphatic carbocycles. The first-order chi connectivity index (χ1) is 8.99. The quantitative estimate of drug-likeness (QED) is 0.832. The standard InChI is InChI=1S/C15H25NO3/c1-10(2)16(9-11-4-3-5-11)14(17)12-6-7-13(8-12)15(18)19/h10-13H,3-9H2,1-2H3,(H,18,19)/t12-,13+/m1/s1. The number of nitrogens with zero attached hydrogens (tertiary/aromatic N) is 1. The van der Waals surface area contributed by atoms with E-state index in [0.717, 1.165) is 13.0 Å². The number of hydrogen-bond donors (Lipinski definition) is 1. The molecule has 0 heterocycles. The molecule has 2 atom stereocenters. The molecule has 0 saturated heterocycles. The van der Waals surface area contributed by atoms with Crippen LogP contribution in [0.5, 0.6) is 0 Å². The molecule has 19 heavy (non-hydrogen) atoms. The Labute approximate surface area is 115 Å². The van der Waals surface area contributed by atoms with Gasteiger partial charge in [0, 0.05) is 18.5 Å². The van der Waals surface area contributed by atoms with Crippen LogP contribution in [0.25, 0.3) is 0 Å². The first-order valence-corrected chi connectivity index (χ1v) is 7.52. The second-order valence-corrected chi connectivity index (χ2v) is 6.43. The highest BCUT2D eigenvalue weighted by Crippen LogP contribution is 2.34. The molecule has 2 aliphatic rings. The van der Waals surface area contributed by atoms with Gasteiger partial charge in [0.2, 0.25) is 5.91 Å². The number of amides is 1. The highest BCUT2D eigenvalue weighted by atomic mass is 16.4. The van der Waals surface area contributed by atoms with Crippen molar-refractivity contribution in [3.63, 3.8) is 0 Å². The van der Waals surface area contributed by atoms with Crippen molar-refractivity contribution in [1.29, 1.82) is 0 Å². The molecule has 2 fully saturated rings. The van der Waals surface area contributed by atoms with Gasteiger partial charge in [-0.25, -0.2) is 0 Å². The van der Waals surface area contributed by atoms with E-state index >= 15 is 0 Å². The summed E-state index contributed by atoms with van der Waals surface area (Å²) in [5, 5.41) is 9.03. The van der Waals surface area contributed by atoms with E-state index in [0.29, 0.717) is 18.8 Å². The molecule has 0 bridgehead atoms. The summed E-state index contributed by atoms with van der Waals surface area (Å²) >= 11 is 0. The van der Waals surface area contributed by atoms with Crippen LogP contribution >= 0.6 is 0 Å². The van der Waals surface area contributed by atoms with Crippen LogP contribution in [0.2, 0.25) is 0 Å². The van der Waals surface area contributed by atoms with E-state index in [1.54, 1.807) is 0 Å². The first-order valence-electron chi connectivity index (χ1n) is 7.52. The van der Waals surface area contributed by atoms with Crippen molar-refractivity contribution in [3.05, 3.63) is 0 Å². The predicted octanol–water partition coefficient (Wildman–Crippen LogP) is 2.52. The van der Waals surface area contributed by atoms with Crippen molar-refractivity contribution in [3.8, 4) is 0 Å². The van der Waals surface area contributed by atoms with E-state index in [1.165, 1.54) is 19.3 Å². The number of rotatable bonds is 5. The normalized spacial score (nSPS) is 27.3. The molecule has 0 aromatic rings. The predicted molar refractivity (Wildman–Crippen MR) is 72.7 cm³/mol. The number of aliphatic carboxylic acids is 1. The molecule has 4 heteroatoms. The van der Waals surface area contributed by atoms with Crippen LogP contribution in [0.3, 0.4) is 0 Å². The van der Waals surface area contributed by atoms with Crippen molar-refractivity contribution in [2.75, 3.05) is 6.54 Å². The van der Waals surface area contributed by atoms with Gasteiger partial charge < -0.3 is 10.0 Å². The Kier molecular flexibility index (Phi) is 4.48. The van der Waals surface area contributed by atoms with Crippen LogP contribution in [0.1, 0.15) is 52.4 Å². The summed E-state index contributed by atoms with van der Waals surface area (Å²) in [6.45, 7) is 4.98. The molecule has 0 spiro atoms. The van der Waals surface area contributed by atoms with Crippen LogP contribution in [-0.2, 0) is 9.59 Å². The van der Waals surface area contributed by atoms with Gasteiger partial charge in [-0.05, 0) is 51.9 Å². The molecule has 1 N–H and O–H groups in total. The van der Waals surface area contributed by atoms with Crippen molar-refractivity contribution < 1.29 is 14.7 Å². The van der Waals surface area contributed by atoms with E-state index in [9.17, 15) is 9.59 Å². The van der Waals surface area contributed by atoms with Crippen LogP contribution < -0.4 is 0 Å². The lowest BCUT2D eigenvalue weighted by molar-refractivity contribution is -0.142. The maximum Gasteiger partial charge on any atom is 0.306 e.